The fraction of sp³-hybridized carbons (Fsp3) is 0.417. The van der Waals surface area contributed by atoms with E-state index in [1.807, 2.05) is 26.0 Å². The summed E-state index contributed by atoms with van der Waals surface area (Å²) in [5.41, 5.74) is 2.64. The van der Waals surface area contributed by atoms with Gasteiger partial charge in [0.2, 0.25) is 0 Å². The largest absolute Gasteiger partial charge is 0.403 e. The third-order valence-corrected chi connectivity index (χ3v) is 2.24. The van der Waals surface area contributed by atoms with Crippen molar-refractivity contribution in [3.63, 3.8) is 0 Å². The van der Waals surface area contributed by atoms with Gasteiger partial charge in [0.25, 0.3) is 0 Å². The van der Waals surface area contributed by atoms with Gasteiger partial charge in [0.05, 0.1) is 6.10 Å². The molecular weight excluding hydrogens is 414 g/mol. The predicted molar refractivity (Wildman–Crippen MR) is 57.6 cm³/mol. The van der Waals surface area contributed by atoms with Gasteiger partial charge in [-0.15, -0.1) is 6.08 Å². The van der Waals surface area contributed by atoms with Gasteiger partial charge in [0.15, 0.2) is 0 Å². The second kappa shape index (κ2) is 6.60. The maximum Gasteiger partial charge on any atom is 0.0771 e. The first-order valence-corrected chi connectivity index (χ1v) is 4.74. The van der Waals surface area contributed by atoms with Crippen molar-refractivity contribution in [1.29, 1.82) is 0 Å². The number of hydrogen-bond donors (Lipinski definition) is 2. The Morgan fingerprint density at radius 3 is 2.53 bits per heavy atom. The van der Waals surface area contributed by atoms with Crippen LogP contribution in [-0.4, -0.2) is 22.4 Å². The zero-order valence-corrected chi connectivity index (χ0v) is 13.4. The van der Waals surface area contributed by atoms with Crippen LogP contribution in [0.1, 0.15) is 20.3 Å². The second-order valence-corrected chi connectivity index (χ2v) is 3.89. The summed E-state index contributed by atoms with van der Waals surface area (Å²) in [5, 5.41) is 19.0. The van der Waals surface area contributed by atoms with Crippen LogP contribution in [0, 0.1) is 37.5 Å². The Hall–Kier alpha value is 0.0619. The molecule has 1 aliphatic carbocycles. The van der Waals surface area contributed by atoms with E-state index < -0.39 is 12.2 Å². The number of aliphatic hydroxyl groups excluding tert-OH is 2. The van der Waals surface area contributed by atoms with E-state index in [4.69, 9.17) is 0 Å². The number of rotatable bonds is 1. The molecule has 15 heavy (non-hydrogen) atoms. The van der Waals surface area contributed by atoms with Crippen LogP contribution in [0.5, 0.6) is 0 Å². The molecule has 1 saturated carbocycles. The molecule has 0 bridgehead atoms. The van der Waals surface area contributed by atoms with E-state index in [9.17, 15) is 10.2 Å². The maximum absolute atomic E-state index is 9.54. The summed E-state index contributed by atoms with van der Waals surface area (Å²) in [4.78, 5) is 0. The van der Waals surface area contributed by atoms with Crippen LogP contribution in [0.4, 0.5) is 0 Å². The van der Waals surface area contributed by atoms with Gasteiger partial charge in [-0.25, -0.2) is 11.6 Å². The Bertz CT molecular complexity index is 272. The summed E-state index contributed by atoms with van der Waals surface area (Å²) in [7, 11) is 0. The molecule has 2 N–H and O–H groups in total. The summed E-state index contributed by atoms with van der Waals surface area (Å²) in [6.45, 7) is 7.64. The summed E-state index contributed by atoms with van der Waals surface area (Å²) in [6, 6.07) is 0. The molecule has 0 radical (unpaired) electrons. The topological polar surface area (TPSA) is 40.5 Å². The third kappa shape index (κ3) is 4.61. The second-order valence-electron chi connectivity index (χ2n) is 3.89. The molecule has 0 aromatic heterocycles. The first kappa shape index (κ1) is 15.1. The van der Waals surface area contributed by atoms with E-state index in [2.05, 4.69) is 6.58 Å². The molecule has 0 unspecified atom stereocenters. The zero-order valence-electron chi connectivity index (χ0n) is 9.20. The number of aliphatic hydroxyl groups is 2. The van der Waals surface area contributed by atoms with Gasteiger partial charge in [-0.05, 0) is 25.8 Å². The molecule has 0 aliphatic heterocycles. The van der Waals surface area contributed by atoms with Gasteiger partial charge in [0, 0.05) is 37.2 Å². The summed E-state index contributed by atoms with van der Waals surface area (Å²) >= 11 is 0. The van der Waals surface area contributed by atoms with Crippen LogP contribution < -0.4 is 0 Å². The van der Waals surface area contributed by atoms with Gasteiger partial charge in [-0.2, -0.15) is 6.42 Å². The molecule has 0 saturated heterocycles. The van der Waals surface area contributed by atoms with Gasteiger partial charge in [0.1, 0.15) is 0 Å². The Morgan fingerprint density at radius 2 is 2.07 bits per heavy atom. The molecule has 0 amide bonds. The van der Waals surface area contributed by atoms with E-state index in [1.54, 1.807) is 6.42 Å². The maximum atomic E-state index is 9.54. The molecule has 82 valence electrons. The van der Waals surface area contributed by atoms with Crippen LogP contribution >= 0.6 is 0 Å². The molecule has 0 aromatic carbocycles. The van der Waals surface area contributed by atoms with E-state index in [0.717, 1.165) is 5.57 Å². The quantitative estimate of drug-likeness (QED) is 0.491. The Kier molecular flexibility index (Phi) is 6.63. The minimum Gasteiger partial charge on any atom is -0.403 e. The molecule has 0 heterocycles. The van der Waals surface area contributed by atoms with Crippen LogP contribution in [0.3, 0.4) is 0 Å². The van der Waals surface area contributed by atoms with Gasteiger partial charge < -0.3 is 10.2 Å². The molecule has 1 aliphatic rings. The first-order chi connectivity index (χ1) is 6.50. The Morgan fingerprint density at radius 1 is 1.47 bits per heavy atom. The zero-order chi connectivity index (χ0) is 10.7. The van der Waals surface area contributed by atoms with Crippen LogP contribution in [0.2, 0.25) is 0 Å². The van der Waals surface area contributed by atoms with Crippen molar-refractivity contribution in [2.75, 3.05) is 0 Å². The average Bonchev–Trinajstić information content (AvgIpc) is 2.10. The molecule has 0 aromatic rings. The smallest absolute Gasteiger partial charge is 0.0771 e. The van der Waals surface area contributed by atoms with Gasteiger partial charge in [-0.1, -0.05) is 12.2 Å². The van der Waals surface area contributed by atoms with Gasteiger partial charge >= 0.3 is 0 Å². The molecule has 0 spiro atoms. The predicted octanol–water partition coefficient (Wildman–Crippen LogP) is 1.76. The van der Waals surface area contributed by atoms with Crippen molar-refractivity contribution in [1.82, 2.24) is 0 Å². The van der Waals surface area contributed by atoms with Crippen molar-refractivity contribution in [3.05, 3.63) is 41.9 Å². The normalized spacial score (nSPS) is 28.0. The third-order valence-electron chi connectivity index (χ3n) is 2.24. The fourth-order valence-corrected chi connectivity index (χ4v) is 1.33. The van der Waals surface area contributed by atoms with Crippen LogP contribution in [0.25, 0.3) is 0 Å². The van der Waals surface area contributed by atoms with E-state index in [0.29, 0.717) is 12.0 Å². The van der Waals surface area contributed by atoms with Crippen molar-refractivity contribution in [2.24, 2.45) is 0 Å². The Labute approximate surface area is 115 Å². The minimum atomic E-state index is -0.712. The molecular formula is C12H17O2U-. The van der Waals surface area contributed by atoms with Crippen molar-refractivity contribution in [2.45, 2.75) is 32.5 Å². The molecule has 2 atom stereocenters. The van der Waals surface area contributed by atoms with Crippen LogP contribution in [-0.2, 0) is 0 Å². The van der Waals surface area contributed by atoms with E-state index >= 15 is 0 Å². The molecule has 1 rings (SSSR count). The van der Waals surface area contributed by atoms with Crippen molar-refractivity contribution < 1.29 is 41.3 Å². The average molecular weight is 431 g/mol. The summed E-state index contributed by atoms with van der Waals surface area (Å²) < 4.78 is 0. The van der Waals surface area contributed by atoms with Crippen molar-refractivity contribution >= 4 is 0 Å². The number of hydrogen-bond acceptors (Lipinski definition) is 2. The first-order valence-electron chi connectivity index (χ1n) is 4.74. The van der Waals surface area contributed by atoms with Crippen LogP contribution in [0.15, 0.2) is 35.5 Å². The van der Waals surface area contributed by atoms with Gasteiger partial charge in [-0.3, -0.25) is 0 Å². The van der Waals surface area contributed by atoms with E-state index in [1.165, 1.54) is 5.57 Å². The minimum absolute atomic E-state index is 0. The number of allylic oxidation sites excluding steroid dienone is 3. The van der Waals surface area contributed by atoms with E-state index in [-0.39, 0.29) is 31.1 Å². The molecule has 2 nitrogen and oxygen atoms in total. The molecule has 3 heteroatoms. The standard InChI is InChI=1S/C12H17O2.U/c1-8(2)4-5-10-6-11(13)9(3)12(14)7-10;/h4-6,11-14H,3,7H2,1-2H3;/q-1;/b10-5+;/t11-,12-;/m1./s1. The fourth-order valence-electron chi connectivity index (χ4n) is 1.33. The monoisotopic (exact) mass is 431 g/mol. The van der Waals surface area contributed by atoms with Crippen molar-refractivity contribution in [3.8, 4) is 0 Å². The molecule has 1 fully saturated rings. The summed E-state index contributed by atoms with van der Waals surface area (Å²) in [6.07, 6.45) is 4.84. The SMILES string of the molecule is C=C1[C@H](O)[CH-]/C(=C\C=C(C)C)C[C@H]1O.[U]. The Balaban J connectivity index is 0.00000196. The summed E-state index contributed by atoms with van der Waals surface area (Å²) in [5.74, 6) is 0.